The molecule has 0 saturated carbocycles. The van der Waals surface area contributed by atoms with Crippen LogP contribution in [0.1, 0.15) is 55.5 Å². The van der Waals surface area contributed by atoms with Crippen molar-refractivity contribution in [3.05, 3.63) is 27.4 Å². The number of carbonyl (C=O) groups excluding carboxylic acids is 1. The molecule has 0 atom stereocenters. The van der Waals surface area contributed by atoms with E-state index in [1.54, 1.807) is 6.92 Å². The summed E-state index contributed by atoms with van der Waals surface area (Å²) in [6.07, 6.45) is 0.637. The minimum atomic E-state index is -1.06. The van der Waals surface area contributed by atoms with Crippen molar-refractivity contribution in [2.75, 3.05) is 19.8 Å². The van der Waals surface area contributed by atoms with E-state index in [0.717, 1.165) is 0 Å². The third kappa shape index (κ3) is 4.07. The van der Waals surface area contributed by atoms with Crippen LogP contribution in [0.4, 0.5) is 0 Å². The zero-order valence-corrected chi connectivity index (χ0v) is 15.1. The number of carbonyl (C=O) groups is 2. The fourth-order valence-electron chi connectivity index (χ4n) is 2.77. The molecular formula is C17H25N3O5. The Morgan fingerprint density at radius 3 is 2.40 bits per heavy atom. The Balaban J connectivity index is 2.21. The van der Waals surface area contributed by atoms with Crippen LogP contribution in [0.15, 0.2) is 4.79 Å². The third-order valence-corrected chi connectivity index (χ3v) is 4.53. The number of amides is 1. The Morgan fingerprint density at radius 1 is 1.32 bits per heavy atom. The van der Waals surface area contributed by atoms with Gasteiger partial charge in [-0.3, -0.25) is 14.4 Å². The van der Waals surface area contributed by atoms with Crippen LogP contribution in [0.5, 0.6) is 0 Å². The van der Waals surface area contributed by atoms with Gasteiger partial charge in [-0.15, -0.1) is 0 Å². The second-order valence-electron chi connectivity index (χ2n) is 7.51. The Kier molecular flexibility index (Phi) is 5.31. The summed E-state index contributed by atoms with van der Waals surface area (Å²) in [5, 5.41) is 12.1. The van der Waals surface area contributed by atoms with Gasteiger partial charge in [0.2, 0.25) is 0 Å². The fraction of sp³-hybridized carbons (Fsp3) is 0.647. The second kappa shape index (κ2) is 6.95. The van der Waals surface area contributed by atoms with Crippen LogP contribution in [0.2, 0.25) is 0 Å². The largest absolute Gasteiger partial charge is 0.481 e. The third-order valence-electron chi connectivity index (χ3n) is 4.53. The fourth-order valence-corrected chi connectivity index (χ4v) is 2.77. The van der Waals surface area contributed by atoms with Gasteiger partial charge < -0.3 is 20.1 Å². The lowest BCUT2D eigenvalue weighted by Crippen LogP contribution is -2.47. The van der Waals surface area contributed by atoms with Gasteiger partial charge in [0.05, 0.1) is 11.1 Å². The van der Waals surface area contributed by atoms with Crippen LogP contribution >= 0.6 is 0 Å². The SMILES string of the molecule is Cc1nc(C(C)(C)C)[nH]c(=O)c1C(=O)NCC1(C(=O)O)CCOCC1. The molecule has 138 valence electrons. The average molecular weight is 351 g/mol. The van der Waals surface area contributed by atoms with Crippen molar-refractivity contribution in [2.45, 2.75) is 46.0 Å². The van der Waals surface area contributed by atoms with Gasteiger partial charge in [-0.1, -0.05) is 20.8 Å². The van der Waals surface area contributed by atoms with Crippen molar-refractivity contribution < 1.29 is 19.4 Å². The Bertz CT molecular complexity index is 727. The summed E-state index contributed by atoms with van der Waals surface area (Å²) >= 11 is 0. The number of hydrogen-bond donors (Lipinski definition) is 3. The molecule has 0 spiro atoms. The van der Waals surface area contributed by atoms with Gasteiger partial charge in [-0.25, -0.2) is 4.98 Å². The monoisotopic (exact) mass is 351 g/mol. The predicted octanol–water partition coefficient (Wildman–Crippen LogP) is 0.987. The number of nitrogens with zero attached hydrogens (tertiary/aromatic N) is 1. The normalized spacial score (nSPS) is 17.1. The van der Waals surface area contributed by atoms with E-state index in [-0.39, 0.29) is 17.5 Å². The minimum Gasteiger partial charge on any atom is -0.481 e. The van der Waals surface area contributed by atoms with Crippen molar-refractivity contribution in [3.63, 3.8) is 0 Å². The molecule has 0 unspecified atom stereocenters. The molecule has 1 fully saturated rings. The van der Waals surface area contributed by atoms with Gasteiger partial charge in [0.25, 0.3) is 11.5 Å². The maximum atomic E-state index is 12.5. The number of carboxylic acids is 1. The van der Waals surface area contributed by atoms with Crippen molar-refractivity contribution in [1.82, 2.24) is 15.3 Å². The maximum Gasteiger partial charge on any atom is 0.311 e. The lowest BCUT2D eigenvalue weighted by Gasteiger charge is -2.33. The van der Waals surface area contributed by atoms with Gasteiger partial charge in [0.1, 0.15) is 11.4 Å². The minimum absolute atomic E-state index is 0.0512. The summed E-state index contributed by atoms with van der Waals surface area (Å²) in [6.45, 7) is 7.95. The molecule has 1 aliphatic heterocycles. The molecule has 3 N–H and O–H groups in total. The van der Waals surface area contributed by atoms with E-state index in [2.05, 4.69) is 15.3 Å². The zero-order chi connectivity index (χ0) is 18.8. The first kappa shape index (κ1) is 19.1. The number of aryl methyl sites for hydroxylation is 1. The molecule has 2 heterocycles. The van der Waals surface area contributed by atoms with Crippen molar-refractivity contribution in [2.24, 2.45) is 5.41 Å². The van der Waals surface area contributed by atoms with E-state index in [1.807, 2.05) is 20.8 Å². The second-order valence-corrected chi connectivity index (χ2v) is 7.51. The molecule has 0 bridgehead atoms. The predicted molar refractivity (Wildman–Crippen MR) is 90.7 cm³/mol. The van der Waals surface area contributed by atoms with Crippen LogP contribution in [0, 0.1) is 12.3 Å². The smallest absolute Gasteiger partial charge is 0.311 e. The first-order valence-electron chi connectivity index (χ1n) is 8.27. The van der Waals surface area contributed by atoms with Crippen LogP contribution < -0.4 is 10.9 Å². The van der Waals surface area contributed by atoms with Crippen LogP contribution in [0.3, 0.4) is 0 Å². The number of H-pyrrole nitrogens is 1. The molecule has 1 aromatic heterocycles. The molecule has 1 aliphatic rings. The van der Waals surface area contributed by atoms with Crippen LogP contribution in [0.25, 0.3) is 0 Å². The number of hydrogen-bond acceptors (Lipinski definition) is 5. The van der Waals surface area contributed by atoms with E-state index >= 15 is 0 Å². The molecule has 0 aliphatic carbocycles. The van der Waals surface area contributed by atoms with E-state index in [0.29, 0.717) is 37.6 Å². The van der Waals surface area contributed by atoms with Gasteiger partial charge in [0, 0.05) is 25.2 Å². The van der Waals surface area contributed by atoms with Crippen molar-refractivity contribution in [3.8, 4) is 0 Å². The van der Waals surface area contributed by atoms with Crippen LogP contribution in [-0.2, 0) is 14.9 Å². The number of ether oxygens (including phenoxy) is 1. The van der Waals surface area contributed by atoms with Crippen molar-refractivity contribution in [1.29, 1.82) is 0 Å². The Labute approximate surface area is 146 Å². The van der Waals surface area contributed by atoms with E-state index < -0.39 is 22.9 Å². The summed E-state index contributed by atoms with van der Waals surface area (Å²) in [5.74, 6) is -1.08. The Morgan fingerprint density at radius 2 is 1.92 bits per heavy atom. The highest BCUT2D eigenvalue weighted by Crippen LogP contribution is 2.30. The summed E-state index contributed by atoms with van der Waals surface area (Å²) < 4.78 is 5.21. The number of nitrogens with one attached hydrogen (secondary N) is 2. The summed E-state index contributed by atoms with van der Waals surface area (Å²) in [7, 11) is 0. The van der Waals surface area contributed by atoms with Crippen molar-refractivity contribution >= 4 is 11.9 Å². The molecular weight excluding hydrogens is 326 g/mol. The summed E-state index contributed by atoms with van der Waals surface area (Å²) in [4.78, 5) is 43.4. The Hall–Kier alpha value is -2.22. The highest BCUT2D eigenvalue weighted by molar-refractivity contribution is 5.95. The molecule has 0 radical (unpaired) electrons. The number of rotatable bonds is 4. The van der Waals surface area contributed by atoms with E-state index in [4.69, 9.17) is 4.74 Å². The van der Waals surface area contributed by atoms with Gasteiger partial charge >= 0.3 is 5.97 Å². The lowest BCUT2D eigenvalue weighted by molar-refractivity contribution is -0.154. The number of carboxylic acid groups (broad SMARTS) is 1. The topological polar surface area (TPSA) is 121 Å². The first-order valence-corrected chi connectivity index (χ1v) is 8.27. The van der Waals surface area contributed by atoms with Gasteiger partial charge in [-0.05, 0) is 19.8 Å². The maximum absolute atomic E-state index is 12.5. The lowest BCUT2D eigenvalue weighted by atomic mass is 9.80. The van der Waals surface area contributed by atoms with Gasteiger partial charge in [0.15, 0.2) is 0 Å². The quantitative estimate of drug-likeness (QED) is 0.744. The molecule has 25 heavy (non-hydrogen) atoms. The molecule has 0 aromatic carbocycles. The van der Waals surface area contributed by atoms with E-state index in [1.165, 1.54) is 0 Å². The molecule has 8 nitrogen and oxygen atoms in total. The van der Waals surface area contributed by atoms with Crippen LogP contribution in [-0.4, -0.2) is 46.7 Å². The highest BCUT2D eigenvalue weighted by Gasteiger charge is 2.40. The molecule has 1 aromatic rings. The van der Waals surface area contributed by atoms with E-state index in [9.17, 15) is 19.5 Å². The number of aliphatic carboxylic acids is 1. The highest BCUT2D eigenvalue weighted by atomic mass is 16.5. The summed E-state index contributed by atoms with van der Waals surface area (Å²) in [5.41, 5.74) is -1.70. The first-order chi connectivity index (χ1) is 11.6. The number of aromatic nitrogens is 2. The average Bonchev–Trinajstić information content (AvgIpc) is 2.52. The molecule has 1 saturated heterocycles. The molecule has 8 heteroatoms. The van der Waals surface area contributed by atoms with Gasteiger partial charge in [-0.2, -0.15) is 0 Å². The summed E-state index contributed by atoms with van der Waals surface area (Å²) in [6, 6.07) is 0. The molecule has 2 rings (SSSR count). The number of aromatic amines is 1. The standard InChI is InChI=1S/C17H25N3O5/c1-10-11(13(22)20-14(19-10)16(2,3)4)12(21)18-9-17(15(23)24)5-7-25-8-6-17/h5-9H2,1-4H3,(H,18,21)(H,23,24)(H,19,20,22). The zero-order valence-electron chi connectivity index (χ0n) is 15.1. The molecule has 1 amide bonds.